The van der Waals surface area contributed by atoms with E-state index in [4.69, 9.17) is 0 Å². The van der Waals surface area contributed by atoms with Crippen molar-refractivity contribution in [3.05, 3.63) is 107 Å². The topological polar surface area (TPSA) is 49.4 Å². The van der Waals surface area contributed by atoms with Crippen molar-refractivity contribution >= 4 is 11.8 Å². The van der Waals surface area contributed by atoms with Crippen molar-refractivity contribution in [2.24, 2.45) is 0 Å². The number of benzene rings is 3. The van der Waals surface area contributed by atoms with Crippen molar-refractivity contribution in [2.45, 2.75) is 45.7 Å². The molecule has 166 valence electrons. The van der Waals surface area contributed by atoms with E-state index in [0.717, 1.165) is 28.7 Å². The van der Waals surface area contributed by atoms with E-state index in [1.807, 2.05) is 92.7 Å². The zero-order valence-corrected chi connectivity index (χ0v) is 19.0. The Labute approximate surface area is 191 Å². The molecule has 0 bridgehead atoms. The van der Waals surface area contributed by atoms with Gasteiger partial charge in [0.05, 0.1) is 6.42 Å². The van der Waals surface area contributed by atoms with Gasteiger partial charge in [-0.05, 0) is 30.0 Å². The Hall–Kier alpha value is -3.40. The summed E-state index contributed by atoms with van der Waals surface area (Å²) in [6.45, 7) is 5.05. The van der Waals surface area contributed by atoms with Gasteiger partial charge in [-0.3, -0.25) is 9.59 Å². The number of nitrogens with one attached hydrogen (secondary N) is 1. The predicted octanol–water partition coefficient (Wildman–Crippen LogP) is 4.70. The molecule has 0 spiro atoms. The molecule has 4 nitrogen and oxygen atoms in total. The standard InChI is InChI=1S/C28H32N2O2/c1-3-17-29-28(32)26(19-23-12-6-4-7-13-23)30(21-25-16-10-11-22(2)18-25)27(31)20-24-14-8-5-9-15-24/h4-16,18,26H,3,17,19-21H2,1-2H3,(H,29,32). The Morgan fingerprint density at radius 3 is 2.09 bits per heavy atom. The SMILES string of the molecule is CCCNC(=O)C(Cc1ccccc1)N(Cc1cccc(C)c1)C(=O)Cc1ccccc1. The van der Waals surface area contributed by atoms with Crippen LogP contribution >= 0.6 is 0 Å². The lowest BCUT2D eigenvalue weighted by Crippen LogP contribution is -2.51. The van der Waals surface area contributed by atoms with Crippen molar-refractivity contribution in [3.63, 3.8) is 0 Å². The maximum atomic E-state index is 13.6. The summed E-state index contributed by atoms with van der Waals surface area (Å²) < 4.78 is 0. The summed E-state index contributed by atoms with van der Waals surface area (Å²) in [7, 11) is 0. The van der Waals surface area contributed by atoms with Crippen LogP contribution in [0, 0.1) is 6.92 Å². The quantitative estimate of drug-likeness (QED) is 0.509. The minimum absolute atomic E-state index is 0.0507. The number of hydrogen-bond donors (Lipinski definition) is 1. The van der Waals surface area contributed by atoms with Gasteiger partial charge >= 0.3 is 0 Å². The van der Waals surface area contributed by atoms with Crippen LogP contribution in [0.4, 0.5) is 0 Å². The number of nitrogens with zero attached hydrogens (tertiary/aromatic N) is 1. The van der Waals surface area contributed by atoms with Crippen molar-refractivity contribution in [1.82, 2.24) is 10.2 Å². The van der Waals surface area contributed by atoms with Crippen LogP contribution in [0.15, 0.2) is 84.9 Å². The minimum Gasteiger partial charge on any atom is -0.354 e. The zero-order chi connectivity index (χ0) is 22.8. The molecule has 1 N–H and O–H groups in total. The first-order chi connectivity index (χ1) is 15.6. The molecule has 0 radical (unpaired) electrons. The molecule has 3 aromatic carbocycles. The molecule has 0 aromatic heterocycles. The minimum atomic E-state index is -0.583. The van der Waals surface area contributed by atoms with E-state index in [2.05, 4.69) is 11.4 Å². The first-order valence-corrected chi connectivity index (χ1v) is 11.3. The highest BCUT2D eigenvalue weighted by molar-refractivity contribution is 5.88. The van der Waals surface area contributed by atoms with Crippen molar-refractivity contribution in [1.29, 1.82) is 0 Å². The average Bonchev–Trinajstić information content (AvgIpc) is 2.81. The monoisotopic (exact) mass is 428 g/mol. The summed E-state index contributed by atoms with van der Waals surface area (Å²) in [6.07, 6.45) is 1.58. The van der Waals surface area contributed by atoms with Crippen LogP contribution in [-0.4, -0.2) is 29.3 Å². The molecule has 3 aromatic rings. The third-order valence-electron chi connectivity index (χ3n) is 5.45. The van der Waals surface area contributed by atoms with Gasteiger partial charge in [0.25, 0.3) is 0 Å². The molecule has 0 aliphatic rings. The van der Waals surface area contributed by atoms with Crippen LogP contribution in [0.1, 0.15) is 35.6 Å². The summed E-state index contributed by atoms with van der Waals surface area (Å²) in [4.78, 5) is 28.6. The molecule has 4 heteroatoms. The van der Waals surface area contributed by atoms with Crippen LogP contribution in [0.2, 0.25) is 0 Å². The van der Waals surface area contributed by atoms with Gasteiger partial charge < -0.3 is 10.2 Å². The molecule has 0 heterocycles. The van der Waals surface area contributed by atoms with Crippen LogP contribution < -0.4 is 5.32 Å². The van der Waals surface area contributed by atoms with Crippen LogP contribution in [0.5, 0.6) is 0 Å². The fourth-order valence-electron chi connectivity index (χ4n) is 3.80. The summed E-state index contributed by atoms with van der Waals surface area (Å²) >= 11 is 0. The van der Waals surface area contributed by atoms with Crippen LogP contribution in [0.3, 0.4) is 0 Å². The third kappa shape index (κ3) is 6.81. The predicted molar refractivity (Wildman–Crippen MR) is 129 cm³/mol. The van der Waals surface area contributed by atoms with Crippen molar-refractivity contribution in [3.8, 4) is 0 Å². The number of rotatable bonds is 10. The van der Waals surface area contributed by atoms with E-state index in [9.17, 15) is 9.59 Å². The second-order valence-electron chi connectivity index (χ2n) is 8.17. The largest absolute Gasteiger partial charge is 0.354 e. The van der Waals surface area contributed by atoms with Crippen LogP contribution in [0.25, 0.3) is 0 Å². The number of aryl methyl sites for hydroxylation is 1. The molecule has 0 saturated carbocycles. The summed E-state index contributed by atoms with van der Waals surface area (Å²) in [5, 5.41) is 3.02. The second kappa shape index (κ2) is 11.8. The number of carbonyl (C=O) groups excluding carboxylic acids is 2. The highest BCUT2D eigenvalue weighted by Gasteiger charge is 2.30. The smallest absolute Gasteiger partial charge is 0.243 e. The highest BCUT2D eigenvalue weighted by atomic mass is 16.2. The van der Waals surface area contributed by atoms with Crippen molar-refractivity contribution < 1.29 is 9.59 Å². The highest BCUT2D eigenvalue weighted by Crippen LogP contribution is 2.17. The normalized spacial score (nSPS) is 11.6. The van der Waals surface area contributed by atoms with Gasteiger partial charge in [0, 0.05) is 19.5 Å². The number of amides is 2. The lowest BCUT2D eigenvalue weighted by molar-refractivity contribution is -0.140. The first-order valence-electron chi connectivity index (χ1n) is 11.3. The second-order valence-corrected chi connectivity index (χ2v) is 8.17. The van der Waals surface area contributed by atoms with Gasteiger partial charge in [-0.1, -0.05) is 97.4 Å². The van der Waals surface area contributed by atoms with E-state index in [1.54, 1.807) is 4.90 Å². The maximum absolute atomic E-state index is 13.6. The number of carbonyl (C=O) groups is 2. The Kier molecular flexibility index (Phi) is 8.61. The maximum Gasteiger partial charge on any atom is 0.243 e. The lowest BCUT2D eigenvalue weighted by Gasteiger charge is -2.32. The van der Waals surface area contributed by atoms with Gasteiger partial charge in [-0.25, -0.2) is 0 Å². The molecule has 32 heavy (non-hydrogen) atoms. The summed E-state index contributed by atoms with van der Waals surface area (Å²) in [6, 6.07) is 27.1. The summed E-state index contributed by atoms with van der Waals surface area (Å²) in [5.41, 5.74) is 4.13. The zero-order valence-electron chi connectivity index (χ0n) is 19.0. The fraction of sp³-hybridized carbons (Fsp3) is 0.286. The molecule has 3 rings (SSSR count). The Morgan fingerprint density at radius 1 is 0.844 bits per heavy atom. The van der Waals surface area contributed by atoms with Gasteiger partial charge in [0.2, 0.25) is 11.8 Å². The van der Waals surface area contributed by atoms with E-state index >= 15 is 0 Å². The molecular weight excluding hydrogens is 396 g/mol. The average molecular weight is 429 g/mol. The lowest BCUT2D eigenvalue weighted by atomic mass is 10.0. The van der Waals surface area contributed by atoms with Gasteiger partial charge in [0.15, 0.2) is 0 Å². The van der Waals surface area contributed by atoms with E-state index in [-0.39, 0.29) is 18.2 Å². The van der Waals surface area contributed by atoms with Gasteiger partial charge in [-0.15, -0.1) is 0 Å². The van der Waals surface area contributed by atoms with Gasteiger partial charge in [0.1, 0.15) is 6.04 Å². The third-order valence-corrected chi connectivity index (χ3v) is 5.45. The molecule has 0 saturated heterocycles. The molecule has 0 aliphatic heterocycles. The number of hydrogen-bond acceptors (Lipinski definition) is 2. The molecule has 1 atom stereocenters. The Bertz CT molecular complexity index is 1000. The van der Waals surface area contributed by atoms with Gasteiger partial charge in [-0.2, -0.15) is 0 Å². The molecule has 1 unspecified atom stereocenters. The van der Waals surface area contributed by atoms with E-state index < -0.39 is 6.04 Å². The molecule has 0 aliphatic carbocycles. The Morgan fingerprint density at radius 2 is 1.47 bits per heavy atom. The fourth-order valence-corrected chi connectivity index (χ4v) is 3.80. The molecule has 0 fully saturated rings. The summed E-state index contributed by atoms with van der Waals surface area (Å²) in [5.74, 6) is -0.157. The molecule has 2 amide bonds. The van der Waals surface area contributed by atoms with E-state index in [0.29, 0.717) is 19.5 Å². The Balaban J connectivity index is 1.94. The van der Waals surface area contributed by atoms with Crippen molar-refractivity contribution in [2.75, 3.05) is 6.54 Å². The van der Waals surface area contributed by atoms with E-state index in [1.165, 1.54) is 0 Å². The first kappa shape index (κ1) is 23.3. The molecular formula is C28H32N2O2. The van der Waals surface area contributed by atoms with Crippen LogP contribution in [-0.2, 0) is 29.0 Å².